The van der Waals surface area contributed by atoms with Gasteiger partial charge in [0, 0.05) is 26.2 Å². The van der Waals surface area contributed by atoms with Crippen LogP contribution in [-0.2, 0) is 4.74 Å². The van der Waals surface area contributed by atoms with Crippen molar-refractivity contribution in [1.29, 1.82) is 0 Å². The van der Waals surface area contributed by atoms with Crippen molar-refractivity contribution >= 4 is 11.4 Å². The smallest absolute Gasteiger partial charge is 0.148 e. The molecule has 5 heteroatoms. The Labute approximate surface area is 144 Å². The molecule has 134 valence electrons. The summed E-state index contributed by atoms with van der Waals surface area (Å²) >= 11 is 0. The molecular formula is C19H30FN3O. The number of nitrogens with two attached hydrogens (primary N) is 1. The van der Waals surface area contributed by atoms with Gasteiger partial charge in [-0.15, -0.1) is 0 Å². The monoisotopic (exact) mass is 335 g/mol. The lowest BCUT2D eigenvalue weighted by Crippen LogP contribution is -2.46. The lowest BCUT2D eigenvalue weighted by Gasteiger charge is -2.38. The number of ether oxygens (including phenoxy) is 1. The van der Waals surface area contributed by atoms with Crippen molar-refractivity contribution in [2.24, 2.45) is 5.92 Å². The first-order chi connectivity index (χ1) is 11.5. The zero-order valence-electron chi connectivity index (χ0n) is 14.9. The van der Waals surface area contributed by atoms with Crippen LogP contribution in [0.3, 0.4) is 0 Å². The van der Waals surface area contributed by atoms with Gasteiger partial charge in [-0.05, 0) is 57.7 Å². The molecule has 0 aromatic heterocycles. The van der Waals surface area contributed by atoms with Crippen LogP contribution in [0.4, 0.5) is 15.8 Å². The highest BCUT2D eigenvalue weighted by molar-refractivity contribution is 5.68. The topological polar surface area (TPSA) is 41.7 Å². The molecule has 0 amide bonds. The van der Waals surface area contributed by atoms with Crippen molar-refractivity contribution < 1.29 is 9.13 Å². The van der Waals surface area contributed by atoms with Crippen LogP contribution in [-0.4, -0.2) is 49.8 Å². The van der Waals surface area contributed by atoms with Gasteiger partial charge >= 0.3 is 0 Å². The van der Waals surface area contributed by atoms with Crippen molar-refractivity contribution in [2.75, 3.05) is 43.4 Å². The van der Waals surface area contributed by atoms with Crippen LogP contribution < -0.4 is 10.6 Å². The molecule has 2 atom stereocenters. The Kier molecular flexibility index (Phi) is 5.61. The summed E-state index contributed by atoms with van der Waals surface area (Å²) in [5.41, 5.74) is 7.10. The van der Waals surface area contributed by atoms with Crippen molar-refractivity contribution in [3.63, 3.8) is 0 Å². The fourth-order valence-corrected chi connectivity index (χ4v) is 4.14. The maximum absolute atomic E-state index is 14.1. The normalized spacial score (nSPS) is 26.7. The van der Waals surface area contributed by atoms with E-state index in [2.05, 4.69) is 23.6 Å². The second kappa shape index (κ2) is 7.70. The Morgan fingerprint density at radius 2 is 1.83 bits per heavy atom. The quantitative estimate of drug-likeness (QED) is 0.859. The van der Waals surface area contributed by atoms with E-state index in [4.69, 9.17) is 10.5 Å². The van der Waals surface area contributed by atoms with E-state index in [1.54, 1.807) is 12.1 Å². The average Bonchev–Trinajstić information content (AvgIpc) is 2.53. The highest BCUT2D eigenvalue weighted by Crippen LogP contribution is 2.31. The van der Waals surface area contributed by atoms with Crippen molar-refractivity contribution in [2.45, 2.75) is 45.3 Å². The highest BCUT2D eigenvalue weighted by atomic mass is 19.1. The number of piperidine rings is 1. The molecule has 0 spiro atoms. The summed E-state index contributed by atoms with van der Waals surface area (Å²) in [6.07, 6.45) is 4.12. The number of hydrogen-bond acceptors (Lipinski definition) is 4. The fourth-order valence-electron chi connectivity index (χ4n) is 4.14. The number of nitrogens with zero attached hydrogens (tertiary/aromatic N) is 2. The zero-order valence-corrected chi connectivity index (χ0v) is 14.9. The van der Waals surface area contributed by atoms with Crippen LogP contribution in [0, 0.1) is 11.7 Å². The molecule has 0 saturated carbocycles. The molecule has 2 N–H and O–H groups in total. The summed E-state index contributed by atoms with van der Waals surface area (Å²) in [6.45, 7) is 9.31. The highest BCUT2D eigenvalue weighted by Gasteiger charge is 2.25. The SMILES string of the molecule is C[C@@H]1CN(CCC2CCN(c3c(N)cccc3F)CC2)C[C@H](C)O1. The van der Waals surface area contributed by atoms with Gasteiger partial charge in [-0.1, -0.05) is 6.07 Å². The number of nitrogen functional groups attached to an aromatic ring is 1. The molecule has 2 aliphatic rings. The van der Waals surface area contributed by atoms with Crippen LogP contribution in [0.2, 0.25) is 0 Å². The largest absolute Gasteiger partial charge is 0.397 e. The number of halogens is 1. The van der Waals surface area contributed by atoms with Gasteiger partial charge in [0.15, 0.2) is 0 Å². The minimum atomic E-state index is -0.204. The Bertz CT molecular complexity index is 515. The van der Waals surface area contributed by atoms with E-state index in [0.29, 0.717) is 23.6 Å². The molecule has 4 nitrogen and oxygen atoms in total. The summed E-state index contributed by atoms with van der Waals surface area (Å²) in [6, 6.07) is 4.95. The third-order valence-corrected chi connectivity index (χ3v) is 5.30. The van der Waals surface area contributed by atoms with Gasteiger partial charge in [0.1, 0.15) is 5.82 Å². The molecule has 24 heavy (non-hydrogen) atoms. The third-order valence-electron chi connectivity index (χ3n) is 5.30. The molecule has 0 unspecified atom stereocenters. The summed E-state index contributed by atoms with van der Waals surface area (Å²) in [4.78, 5) is 4.64. The van der Waals surface area contributed by atoms with E-state index in [1.165, 1.54) is 12.5 Å². The molecular weight excluding hydrogens is 305 g/mol. The minimum Gasteiger partial charge on any atom is -0.397 e. The molecule has 2 heterocycles. The molecule has 0 aliphatic carbocycles. The second-order valence-corrected chi connectivity index (χ2v) is 7.41. The molecule has 2 saturated heterocycles. The maximum atomic E-state index is 14.1. The van der Waals surface area contributed by atoms with Gasteiger partial charge in [0.25, 0.3) is 0 Å². The zero-order chi connectivity index (χ0) is 17.1. The number of rotatable bonds is 4. The maximum Gasteiger partial charge on any atom is 0.148 e. The summed E-state index contributed by atoms with van der Waals surface area (Å²) in [5, 5.41) is 0. The van der Waals surface area contributed by atoms with Gasteiger partial charge < -0.3 is 15.4 Å². The molecule has 2 fully saturated rings. The van der Waals surface area contributed by atoms with E-state index in [0.717, 1.165) is 51.5 Å². The number of morpholine rings is 1. The molecule has 2 aliphatic heterocycles. The molecule has 0 radical (unpaired) electrons. The molecule has 1 aromatic carbocycles. The van der Waals surface area contributed by atoms with Gasteiger partial charge in [0.2, 0.25) is 0 Å². The van der Waals surface area contributed by atoms with Gasteiger partial charge in [0.05, 0.1) is 23.6 Å². The van der Waals surface area contributed by atoms with Gasteiger partial charge in [-0.3, -0.25) is 4.90 Å². The first-order valence-electron chi connectivity index (χ1n) is 9.19. The first kappa shape index (κ1) is 17.5. The van der Waals surface area contributed by atoms with Gasteiger partial charge in [-0.2, -0.15) is 0 Å². The molecule has 0 bridgehead atoms. The summed E-state index contributed by atoms with van der Waals surface area (Å²) < 4.78 is 19.9. The average molecular weight is 335 g/mol. The van der Waals surface area contributed by atoms with E-state index >= 15 is 0 Å². The lowest BCUT2D eigenvalue weighted by molar-refractivity contribution is -0.0690. The fraction of sp³-hybridized carbons (Fsp3) is 0.684. The number of hydrogen-bond donors (Lipinski definition) is 1. The molecule has 1 aromatic rings. The number of anilines is 2. The predicted octanol–water partition coefficient (Wildman–Crippen LogP) is 3.12. The van der Waals surface area contributed by atoms with E-state index < -0.39 is 0 Å². The van der Waals surface area contributed by atoms with Gasteiger partial charge in [-0.25, -0.2) is 4.39 Å². The van der Waals surface area contributed by atoms with Crippen LogP contribution in [0.1, 0.15) is 33.1 Å². The van der Waals surface area contributed by atoms with Crippen LogP contribution in [0.25, 0.3) is 0 Å². The standard InChI is InChI=1S/C19H30FN3O/c1-14-12-22(13-15(2)24-14)9-6-16-7-10-23(11-8-16)19-17(20)4-3-5-18(19)21/h3-5,14-16H,6-13,21H2,1-2H3/t14-,15+. The Morgan fingerprint density at radius 3 is 2.46 bits per heavy atom. The van der Waals surface area contributed by atoms with E-state index in [9.17, 15) is 4.39 Å². The molecule has 3 rings (SSSR count). The van der Waals surface area contributed by atoms with Crippen LogP contribution >= 0.6 is 0 Å². The summed E-state index contributed by atoms with van der Waals surface area (Å²) in [7, 11) is 0. The Hall–Kier alpha value is -1.33. The van der Waals surface area contributed by atoms with Crippen LogP contribution in [0.15, 0.2) is 18.2 Å². The number of benzene rings is 1. The second-order valence-electron chi connectivity index (χ2n) is 7.41. The Morgan fingerprint density at radius 1 is 1.17 bits per heavy atom. The minimum absolute atomic E-state index is 0.204. The Balaban J connectivity index is 1.47. The van der Waals surface area contributed by atoms with Crippen molar-refractivity contribution in [3.8, 4) is 0 Å². The van der Waals surface area contributed by atoms with Crippen LogP contribution in [0.5, 0.6) is 0 Å². The van der Waals surface area contributed by atoms with E-state index in [-0.39, 0.29) is 5.82 Å². The lowest BCUT2D eigenvalue weighted by atomic mass is 9.92. The first-order valence-corrected chi connectivity index (χ1v) is 9.19. The third kappa shape index (κ3) is 4.19. The number of para-hydroxylation sites is 1. The summed E-state index contributed by atoms with van der Waals surface area (Å²) in [5.74, 6) is 0.521. The van der Waals surface area contributed by atoms with E-state index in [1.807, 2.05) is 0 Å². The predicted molar refractivity (Wildman–Crippen MR) is 96.8 cm³/mol. The van der Waals surface area contributed by atoms with Crippen molar-refractivity contribution in [1.82, 2.24) is 4.90 Å². The van der Waals surface area contributed by atoms with Crippen molar-refractivity contribution in [3.05, 3.63) is 24.0 Å².